The van der Waals surface area contributed by atoms with Gasteiger partial charge in [0.1, 0.15) is 5.76 Å². The van der Waals surface area contributed by atoms with E-state index in [2.05, 4.69) is 10.5 Å². The van der Waals surface area contributed by atoms with Crippen molar-refractivity contribution in [3.05, 3.63) is 17.0 Å². The number of rotatable bonds is 4. The van der Waals surface area contributed by atoms with Gasteiger partial charge in [-0.2, -0.15) is 0 Å². The fourth-order valence-corrected chi connectivity index (χ4v) is 2.02. The van der Waals surface area contributed by atoms with Crippen molar-refractivity contribution >= 4 is 0 Å². The number of aliphatic hydroxyl groups is 1. The first-order valence-electron chi connectivity index (χ1n) is 5.47. The molecule has 0 amide bonds. The Kier molecular flexibility index (Phi) is 3.07. The van der Waals surface area contributed by atoms with Crippen LogP contribution in [0.1, 0.15) is 29.9 Å². The first-order chi connectivity index (χ1) is 7.16. The van der Waals surface area contributed by atoms with Crippen LogP contribution in [0.15, 0.2) is 4.52 Å². The number of aliphatic hydroxyl groups excluding tert-OH is 1. The molecule has 15 heavy (non-hydrogen) atoms. The molecule has 0 spiro atoms. The predicted molar refractivity (Wildman–Crippen MR) is 56.4 cm³/mol. The maximum atomic E-state index is 9.14. The third-order valence-corrected chi connectivity index (χ3v) is 3.13. The van der Waals surface area contributed by atoms with Gasteiger partial charge in [0.25, 0.3) is 0 Å². The Morgan fingerprint density at radius 2 is 2.20 bits per heavy atom. The summed E-state index contributed by atoms with van der Waals surface area (Å²) in [5.74, 6) is 1.54. The fraction of sp³-hybridized carbons (Fsp3) is 0.727. The molecule has 0 radical (unpaired) electrons. The average molecular weight is 210 g/mol. The van der Waals surface area contributed by atoms with Gasteiger partial charge < -0.3 is 14.9 Å². The van der Waals surface area contributed by atoms with Crippen molar-refractivity contribution in [2.75, 3.05) is 6.54 Å². The van der Waals surface area contributed by atoms with Crippen molar-refractivity contribution in [1.82, 2.24) is 10.5 Å². The van der Waals surface area contributed by atoms with Gasteiger partial charge in [-0.3, -0.25) is 0 Å². The summed E-state index contributed by atoms with van der Waals surface area (Å²) in [7, 11) is 0. The minimum atomic E-state index is -0.0594. The van der Waals surface area contributed by atoms with E-state index in [0.29, 0.717) is 5.92 Å². The van der Waals surface area contributed by atoms with Gasteiger partial charge >= 0.3 is 0 Å². The summed E-state index contributed by atoms with van der Waals surface area (Å²) >= 11 is 0. The lowest BCUT2D eigenvalue weighted by atomic mass is 9.82. The third kappa shape index (κ3) is 2.38. The molecule has 0 bridgehead atoms. The van der Waals surface area contributed by atoms with E-state index in [0.717, 1.165) is 42.9 Å². The van der Waals surface area contributed by atoms with Crippen molar-refractivity contribution in [3.63, 3.8) is 0 Å². The minimum absolute atomic E-state index is 0.0594. The quantitative estimate of drug-likeness (QED) is 0.782. The van der Waals surface area contributed by atoms with Gasteiger partial charge in [-0.25, -0.2) is 0 Å². The molecule has 0 saturated heterocycles. The van der Waals surface area contributed by atoms with E-state index in [1.807, 2.05) is 13.8 Å². The Balaban J connectivity index is 1.74. The van der Waals surface area contributed by atoms with Crippen LogP contribution in [0.5, 0.6) is 0 Å². The first-order valence-corrected chi connectivity index (χ1v) is 5.47. The molecule has 1 fully saturated rings. The zero-order valence-electron chi connectivity index (χ0n) is 9.29. The smallest absolute Gasteiger partial charge is 0.138 e. The SMILES string of the molecule is Cc1noc(C)c1CNCC1CC(O)C1. The number of nitrogens with one attached hydrogen (secondary N) is 1. The molecule has 1 saturated carbocycles. The summed E-state index contributed by atoms with van der Waals surface area (Å²) < 4.78 is 5.08. The van der Waals surface area contributed by atoms with Crippen LogP contribution in [-0.4, -0.2) is 22.9 Å². The maximum absolute atomic E-state index is 9.14. The van der Waals surface area contributed by atoms with Crippen LogP contribution in [0.2, 0.25) is 0 Å². The molecular formula is C11H18N2O2. The molecule has 1 aliphatic rings. The van der Waals surface area contributed by atoms with Crippen molar-refractivity contribution in [3.8, 4) is 0 Å². The summed E-state index contributed by atoms with van der Waals surface area (Å²) in [5.41, 5.74) is 2.13. The topological polar surface area (TPSA) is 58.3 Å². The van der Waals surface area contributed by atoms with E-state index in [1.165, 1.54) is 0 Å². The minimum Gasteiger partial charge on any atom is -0.393 e. The fourth-order valence-electron chi connectivity index (χ4n) is 2.02. The molecule has 2 N–H and O–H groups in total. The first kappa shape index (κ1) is 10.6. The lowest BCUT2D eigenvalue weighted by molar-refractivity contribution is 0.0429. The standard InChI is InChI=1S/C11H18N2O2/c1-7-11(8(2)15-13-7)6-12-5-9-3-10(14)4-9/h9-10,12,14H,3-6H2,1-2H3. The van der Waals surface area contributed by atoms with E-state index >= 15 is 0 Å². The lowest BCUT2D eigenvalue weighted by Gasteiger charge is -2.31. The van der Waals surface area contributed by atoms with Gasteiger partial charge in [-0.05, 0) is 39.2 Å². The molecule has 1 aliphatic carbocycles. The molecule has 2 rings (SSSR count). The molecule has 0 aromatic carbocycles. The monoisotopic (exact) mass is 210 g/mol. The molecule has 0 unspecified atom stereocenters. The van der Waals surface area contributed by atoms with Crippen LogP contribution in [0.3, 0.4) is 0 Å². The third-order valence-electron chi connectivity index (χ3n) is 3.13. The molecule has 4 heteroatoms. The number of hydrogen-bond acceptors (Lipinski definition) is 4. The van der Waals surface area contributed by atoms with Gasteiger partial charge in [-0.15, -0.1) is 0 Å². The van der Waals surface area contributed by atoms with E-state index in [1.54, 1.807) is 0 Å². The number of aromatic nitrogens is 1. The number of nitrogens with zero attached hydrogens (tertiary/aromatic N) is 1. The molecule has 0 atom stereocenters. The summed E-state index contributed by atoms with van der Waals surface area (Å²) in [6.45, 7) is 5.68. The highest BCUT2D eigenvalue weighted by Gasteiger charge is 2.26. The van der Waals surface area contributed by atoms with Crippen molar-refractivity contribution in [2.24, 2.45) is 5.92 Å². The molecule has 1 aromatic heterocycles. The van der Waals surface area contributed by atoms with Gasteiger partial charge in [0.15, 0.2) is 0 Å². The number of hydrogen-bond donors (Lipinski definition) is 2. The second-order valence-corrected chi connectivity index (χ2v) is 4.42. The molecule has 1 heterocycles. The zero-order chi connectivity index (χ0) is 10.8. The molecule has 84 valence electrons. The molecule has 4 nitrogen and oxygen atoms in total. The van der Waals surface area contributed by atoms with Gasteiger partial charge in [0.2, 0.25) is 0 Å². The van der Waals surface area contributed by atoms with Crippen molar-refractivity contribution in [2.45, 2.75) is 39.3 Å². The number of aryl methyl sites for hydroxylation is 2. The van der Waals surface area contributed by atoms with E-state index in [9.17, 15) is 0 Å². The Labute approximate surface area is 89.7 Å². The highest BCUT2D eigenvalue weighted by atomic mass is 16.5. The highest BCUT2D eigenvalue weighted by Crippen LogP contribution is 2.26. The average Bonchev–Trinajstić information content (AvgIpc) is 2.46. The van der Waals surface area contributed by atoms with Crippen molar-refractivity contribution in [1.29, 1.82) is 0 Å². The summed E-state index contributed by atoms with van der Waals surface area (Å²) in [5, 5.41) is 16.4. The highest BCUT2D eigenvalue weighted by molar-refractivity contribution is 5.20. The van der Waals surface area contributed by atoms with Gasteiger partial charge in [-0.1, -0.05) is 5.16 Å². The molecule has 0 aliphatic heterocycles. The van der Waals surface area contributed by atoms with E-state index in [-0.39, 0.29) is 6.10 Å². The van der Waals surface area contributed by atoms with Gasteiger partial charge in [0, 0.05) is 12.1 Å². The van der Waals surface area contributed by atoms with Crippen LogP contribution >= 0.6 is 0 Å². The van der Waals surface area contributed by atoms with Crippen LogP contribution in [0.25, 0.3) is 0 Å². The van der Waals surface area contributed by atoms with Crippen LogP contribution < -0.4 is 5.32 Å². The van der Waals surface area contributed by atoms with E-state index in [4.69, 9.17) is 9.63 Å². The summed E-state index contributed by atoms with van der Waals surface area (Å²) in [4.78, 5) is 0. The maximum Gasteiger partial charge on any atom is 0.138 e. The van der Waals surface area contributed by atoms with Gasteiger partial charge in [0.05, 0.1) is 11.8 Å². The molecular weight excluding hydrogens is 192 g/mol. The largest absolute Gasteiger partial charge is 0.393 e. The Morgan fingerprint density at radius 3 is 2.73 bits per heavy atom. The predicted octanol–water partition coefficient (Wildman–Crippen LogP) is 1.15. The van der Waals surface area contributed by atoms with E-state index < -0.39 is 0 Å². The second-order valence-electron chi connectivity index (χ2n) is 4.42. The Morgan fingerprint density at radius 1 is 1.47 bits per heavy atom. The normalized spacial score (nSPS) is 25.3. The van der Waals surface area contributed by atoms with Crippen LogP contribution in [0, 0.1) is 19.8 Å². The van der Waals surface area contributed by atoms with Crippen molar-refractivity contribution < 1.29 is 9.63 Å². The molecule has 1 aromatic rings. The van der Waals surface area contributed by atoms with Crippen LogP contribution in [-0.2, 0) is 6.54 Å². The lowest BCUT2D eigenvalue weighted by Crippen LogP contribution is -2.36. The summed E-state index contributed by atoms with van der Waals surface area (Å²) in [6.07, 6.45) is 1.82. The Hall–Kier alpha value is -0.870. The zero-order valence-corrected chi connectivity index (χ0v) is 9.29. The summed E-state index contributed by atoms with van der Waals surface area (Å²) in [6, 6.07) is 0. The second kappa shape index (κ2) is 4.33. The van der Waals surface area contributed by atoms with Crippen LogP contribution in [0.4, 0.5) is 0 Å². The Bertz CT molecular complexity index is 310.